The zero-order valence-electron chi connectivity index (χ0n) is 57.6. The Morgan fingerprint density at radius 2 is 0.870 bits per heavy atom. The van der Waals surface area contributed by atoms with Crippen molar-refractivity contribution in [1.82, 2.24) is 0 Å². The molecule has 6 heterocycles. The number of allylic oxidation sites excluding steroid dienone is 1. The molecule has 34 heteroatoms. The molecule has 0 aromatic carbocycles. The molecule has 9 fully saturated rings. The smallest absolute Gasteiger partial charge is 0.187 e. The molecule has 580 valence electrons. The quantitative estimate of drug-likeness (QED) is 0.0257. The molecule has 3 saturated carbocycles. The third kappa shape index (κ3) is 14.8. The molecule has 10 rings (SSSR count). The van der Waals surface area contributed by atoms with Crippen LogP contribution < -0.4 is 0 Å². The molecule has 21 N–H and O–H groups in total. The van der Waals surface area contributed by atoms with E-state index >= 15 is 0 Å². The fourth-order valence-corrected chi connectivity index (χ4v) is 19.8. The molecule has 0 spiro atoms. The topological polar surface area (TPSA) is 536 Å². The van der Waals surface area contributed by atoms with Crippen LogP contribution in [0.4, 0.5) is 0 Å². The largest absolute Gasteiger partial charge is 0.394 e. The lowest BCUT2D eigenvalue weighted by molar-refractivity contribution is -0.380. The Morgan fingerprint density at radius 1 is 0.470 bits per heavy atom. The first-order valence-corrected chi connectivity index (χ1v) is 36.1. The lowest BCUT2D eigenvalue weighted by Crippen LogP contribution is -2.66. The van der Waals surface area contributed by atoms with Crippen LogP contribution in [0.3, 0.4) is 0 Å². The normalized spacial score (nSPS) is 52.1. The third-order valence-corrected chi connectivity index (χ3v) is 27.9. The highest BCUT2D eigenvalue weighted by atomic mass is 127. The molecule has 0 aromatic rings. The molecule has 0 radical (unpaired) electrons. The van der Waals surface area contributed by atoms with Crippen LogP contribution in [0.2, 0.25) is 0 Å². The van der Waals surface area contributed by atoms with Gasteiger partial charge in [0, 0.05) is 8.84 Å². The van der Waals surface area contributed by atoms with Crippen molar-refractivity contribution in [2.24, 2.45) is 39.4 Å². The van der Waals surface area contributed by atoms with E-state index in [1.165, 1.54) is 13.8 Å². The van der Waals surface area contributed by atoms with Crippen molar-refractivity contribution >= 4 is 22.6 Å². The lowest BCUT2D eigenvalue weighted by atomic mass is 9.39. The molecule has 33 nitrogen and oxygen atoms in total. The lowest BCUT2D eigenvalue weighted by Gasteiger charge is -2.67. The molecular formula is C66H111IO33. The number of hydrogen-bond donors (Lipinski definition) is 21. The maximum atomic E-state index is 12.0. The summed E-state index contributed by atoms with van der Waals surface area (Å²) in [6.45, 7) is 12.1. The fraction of sp³-hybridized carbons (Fsp3) is 0.970. The van der Waals surface area contributed by atoms with Gasteiger partial charge in [-0.1, -0.05) is 75.8 Å². The van der Waals surface area contributed by atoms with E-state index in [9.17, 15) is 107 Å². The highest BCUT2D eigenvalue weighted by Crippen LogP contribution is 2.78. The summed E-state index contributed by atoms with van der Waals surface area (Å²) in [6, 6.07) is 0. The molecule has 10 aliphatic rings. The maximum absolute atomic E-state index is 12.0. The molecule has 6 saturated heterocycles. The van der Waals surface area contributed by atoms with Crippen LogP contribution in [0.25, 0.3) is 0 Å². The van der Waals surface area contributed by atoms with Gasteiger partial charge in [0.05, 0.1) is 57.5 Å². The van der Waals surface area contributed by atoms with Gasteiger partial charge in [-0.05, 0) is 106 Å². The Labute approximate surface area is 593 Å². The average Bonchev–Trinajstić information content (AvgIpc) is 1.44. The first-order chi connectivity index (χ1) is 46.8. The summed E-state index contributed by atoms with van der Waals surface area (Å²) in [6.07, 6.45) is -45.1. The van der Waals surface area contributed by atoms with Crippen molar-refractivity contribution < 1.29 is 164 Å². The van der Waals surface area contributed by atoms with Crippen molar-refractivity contribution in [3.05, 3.63) is 11.6 Å². The zero-order chi connectivity index (χ0) is 73.6. The van der Waals surface area contributed by atoms with Gasteiger partial charge in [-0.25, -0.2) is 0 Å². The van der Waals surface area contributed by atoms with Gasteiger partial charge in [0.2, 0.25) is 0 Å². The molecule has 0 aromatic heterocycles. The molecule has 0 amide bonds. The van der Waals surface area contributed by atoms with Gasteiger partial charge < -0.3 is 164 Å². The van der Waals surface area contributed by atoms with Crippen molar-refractivity contribution in [1.29, 1.82) is 0 Å². The van der Waals surface area contributed by atoms with E-state index in [4.69, 9.17) is 56.8 Å². The summed E-state index contributed by atoms with van der Waals surface area (Å²) < 4.78 is 72.0. The van der Waals surface area contributed by atoms with Gasteiger partial charge in [-0.2, -0.15) is 0 Å². The van der Waals surface area contributed by atoms with E-state index < -0.39 is 247 Å². The first kappa shape index (κ1) is 81.7. The van der Waals surface area contributed by atoms with Gasteiger partial charge >= 0.3 is 0 Å². The van der Waals surface area contributed by atoms with E-state index in [1.807, 2.05) is 0 Å². The molecule has 0 bridgehead atoms. The van der Waals surface area contributed by atoms with Gasteiger partial charge in [0.1, 0.15) is 146 Å². The summed E-state index contributed by atoms with van der Waals surface area (Å²) in [5.41, 5.74) is -1.92. The predicted molar refractivity (Wildman–Crippen MR) is 345 cm³/mol. The summed E-state index contributed by atoms with van der Waals surface area (Å²) in [5.74, 6) is 0.233. The van der Waals surface area contributed by atoms with Crippen LogP contribution in [-0.2, 0) is 56.8 Å². The summed E-state index contributed by atoms with van der Waals surface area (Å²) in [4.78, 5) is 0. The van der Waals surface area contributed by atoms with Crippen LogP contribution >= 0.6 is 22.6 Å². The van der Waals surface area contributed by atoms with Crippen LogP contribution in [0.5, 0.6) is 0 Å². The summed E-state index contributed by atoms with van der Waals surface area (Å²) >= 11 is 2.67. The molecule has 4 aliphatic carbocycles. The molecule has 6 aliphatic heterocycles. The summed E-state index contributed by atoms with van der Waals surface area (Å²) in [5, 5.41) is 226. The number of hydrogen-bond acceptors (Lipinski definition) is 33. The number of alkyl halides is 1. The Kier molecular flexibility index (Phi) is 25.8. The third-order valence-electron chi connectivity index (χ3n) is 25.1. The Balaban J connectivity index is 0.853. The Morgan fingerprint density at radius 3 is 1.31 bits per heavy atom. The molecule has 39 atom stereocenters. The Hall–Kier alpha value is -0.850. The average molecular weight is 1560 g/mol. The monoisotopic (exact) mass is 1560 g/mol. The van der Waals surface area contributed by atoms with Crippen LogP contribution in [0.1, 0.15) is 113 Å². The van der Waals surface area contributed by atoms with Crippen molar-refractivity contribution in [2.45, 2.75) is 319 Å². The molecule has 33 unspecified atom stereocenters. The fourth-order valence-electron chi connectivity index (χ4n) is 18.3. The maximum Gasteiger partial charge on any atom is 0.187 e. The zero-order valence-corrected chi connectivity index (χ0v) is 59.7. The van der Waals surface area contributed by atoms with Crippen molar-refractivity contribution in [3.63, 3.8) is 0 Å². The number of halogens is 1. The second kappa shape index (κ2) is 31.6. The van der Waals surface area contributed by atoms with E-state index in [0.29, 0.717) is 25.7 Å². The van der Waals surface area contributed by atoms with E-state index in [1.54, 1.807) is 0 Å². The number of ether oxygens (including phenoxy) is 12. The van der Waals surface area contributed by atoms with Crippen molar-refractivity contribution in [3.8, 4) is 0 Å². The number of aliphatic hydroxyl groups excluding tert-OH is 20. The SMILES string of the molecule is C[C@H](CCC(OC1OC(COC2OC(CO)C(O)C(O)C2O)C(O)C(O)C1OC1OC(CO)C(O)C(O)C1O)C(C)(C)O)[C@@]1(I)CC[C@@]2(C)C3CC=C4C(CC[C@H](OC5OC(COC6OC(CO)C(O)C(O)C6O)C(O)C(O)C5OC5OC(CO)C(O)C(O)C5O)C4(C)C)[C@]3(C)CC[C@@]21C. The number of aliphatic hydroxyl groups is 21. The van der Waals surface area contributed by atoms with Gasteiger partial charge in [0.15, 0.2) is 37.7 Å². The van der Waals surface area contributed by atoms with Crippen LogP contribution in [0.15, 0.2) is 11.6 Å². The number of fused-ring (bicyclic) bond motifs is 5. The standard InChI is InChI=1S/C66H111IO33/c1-25(9-13-36(62(4,5)88)98-60-54(100-58-52(87)46(81)40(75)31(22-71)94-58)48(83)42(77)33(96-60)24-90-56-50(85)44(79)38(73)29(20-69)92-56)66(67)18-16-64(7)34-12-10-26-27(63(34,6)15-17-65(64,66)8)11-14-35(61(26,2)3)97-59-53(99-57-51(86)45(80)39(74)30(21-70)93-57)47(82)41(76)32(95-59)23-89-55-49(84)43(78)37(72)28(19-68)91-55/h10,25,27-60,68-88H,9,11-24H2,1-8H3/t25-,27?,28?,29?,30?,31?,32?,33?,34?,35+,36?,37?,38?,39?,40?,41?,42?,43?,44?,45?,46?,47?,48?,49?,50?,51?,52?,53?,54?,55?,56?,57?,58?,59?,60?,63+,64+,65+,66+/m1/s1. The molecular weight excluding hydrogens is 1450 g/mol. The number of rotatable bonds is 23. The van der Waals surface area contributed by atoms with Crippen LogP contribution in [-0.4, -0.2) is 352 Å². The Bertz CT molecular complexity index is 2690. The van der Waals surface area contributed by atoms with Gasteiger partial charge in [0.25, 0.3) is 0 Å². The second-order valence-electron chi connectivity index (χ2n) is 31.5. The minimum atomic E-state index is -1.97. The van der Waals surface area contributed by atoms with Crippen LogP contribution in [0, 0.1) is 39.4 Å². The second-order valence-corrected chi connectivity index (χ2v) is 33.4. The summed E-state index contributed by atoms with van der Waals surface area (Å²) in [7, 11) is 0. The first-order valence-electron chi connectivity index (χ1n) is 35.0. The predicted octanol–water partition coefficient (Wildman–Crippen LogP) is -6.00. The van der Waals surface area contributed by atoms with E-state index in [-0.39, 0.29) is 43.8 Å². The van der Waals surface area contributed by atoms with E-state index in [0.717, 1.165) is 31.3 Å². The van der Waals surface area contributed by atoms with Gasteiger partial charge in [-0.15, -0.1) is 0 Å². The minimum Gasteiger partial charge on any atom is -0.394 e. The van der Waals surface area contributed by atoms with Crippen molar-refractivity contribution in [2.75, 3.05) is 39.6 Å². The highest BCUT2D eigenvalue weighted by Gasteiger charge is 2.72. The van der Waals surface area contributed by atoms with E-state index in [2.05, 4.69) is 70.2 Å². The minimum absolute atomic E-state index is 0.0338. The highest BCUT2D eigenvalue weighted by molar-refractivity contribution is 14.1. The molecule has 100 heavy (non-hydrogen) atoms. The van der Waals surface area contributed by atoms with Gasteiger partial charge in [-0.3, -0.25) is 0 Å².